The molecule has 31 heavy (non-hydrogen) atoms. The number of hydrogen-bond donors (Lipinski definition) is 2. The molecule has 2 aromatic rings. The standard InChI is InChI=1S/C22H30N4O5/c1-12(2)19(22-25-20(26-31-22)14-6-7-14)24-21(28)15-8-9-16(17(10-15)29-5)30-11-18(27)23-13(3)4/h8-10,12-14,19H,6-7,11H2,1-5H3,(H,23,27)(H,24,28). The highest BCUT2D eigenvalue weighted by Gasteiger charge is 2.31. The van der Waals surface area contributed by atoms with Crippen molar-refractivity contribution in [1.29, 1.82) is 0 Å². The van der Waals surface area contributed by atoms with Crippen LogP contribution in [0.5, 0.6) is 11.5 Å². The number of amides is 2. The van der Waals surface area contributed by atoms with E-state index >= 15 is 0 Å². The minimum Gasteiger partial charge on any atom is -0.493 e. The minimum atomic E-state index is -0.408. The van der Waals surface area contributed by atoms with Gasteiger partial charge in [0.2, 0.25) is 5.89 Å². The number of ether oxygens (including phenoxy) is 2. The highest BCUT2D eigenvalue weighted by atomic mass is 16.5. The van der Waals surface area contributed by atoms with Crippen molar-refractivity contribution in [2.45, 2.75) is 58.5 Å². The molecule has 2 amide bonds. The minimum absolute atomic E-state index is 0.0252. The van der Waals surface area contributed by atoms with Gasteiger partial charge in [0.25, 0.3) is 11.8 Å². The van der Waals surface area contributed by atoms with E-state index in [1.165, 1.54) is 7.11 Å². The van der Waals surface area contributed by atoms with Crippen LogP contribution in [0.1, 0.15) is 74.6 Å². The summed E-state index contributed by atoms with van der Waals surface area (Å²) in [7, 11) is 1.48. The van der Waals surface area contributed by atoms with E-state index in [4.69, 9.17) is 14.0 Å². The van der Waals surface area contributed by atoms with E-state index in [9.17, 15) is 9.59 Å². The molecular formula is C22H30N4O5. The van der Waals surface area contributed by atoms with Crippen LogP contribution in [-0.2, 0) is 4.79 Å². The maximum Gasteiger partial charge on any atom is 0.258 e. The number of aromatic nitrogens is 2. The normalized spacial score (nSPS) is 14.4. The van der Waals surface area contributed by atoms with Gasteiger partial charge in [-0.15, -0.1) is 0 Å². The van der Waals surface area contributed by atoms with Crippen molar-refractivity contribution in [3.8, 4) is 11.5 Å². The van der Waals surface area contributed by atoms with Gasteiger partial charge in [-0.3, -0.25) is 9.59 Å². The zero-order valence-electron chi connectivity index (χ0n) is 18.6. The van der Waals surface area contributed by atoms with Gasteiger partial charge in [-0.1, -0.05) is 19.0 Å². The van der Waals surface area contributed by atoms with Crippen molar-refractivity contribution in [2.75, 3.05) is 13.7 Å². The fourth-order valence-corrected chi connectivity index (χ4v) is 3.05. The van der Waals surface area contributed by atoms with E-state index in [0.29, 0.717) is 34.7 Å². The number of benzene rings is 1. The van der Waals surface area contributed by atoms with E-state index < -0.39 is 6.04 Å². The molecule has 1 atom stereocenters. The smallest absolute Gasteiger partial charge is 0.258 e. The molecule has 9 heteroatoms. The molecule has 1 aromatic heterocycles. The first kappa shape index (κ1) is 22.6. The monoisotopic (exact) mass is 430 g/mol. The van der Waals surface area contributed by atoms with Gasteiger partial charge in [0, 0.05) is 17.5 Å². The van der Waals surface area contributed by atoms with Gasteiger partial charge in [0.15, 0.2) is 23.9 Å². The molecule has 1 unspecified atom stereocenters. The Hall–Kier alpha value is -3.10. The average molecular weight is 431 g/mol. The van der Waals surface area contributed by atoms with E-state index in [2.05, 4.69) is 20.8 Å². The Morgan fingerprint density at radius 3 is 2.52 bits per heavy atom. The molecule has 3 rings (SSSR count). The zero-order valence-corrected chi connectivity index (χ0v) is 18.6. The van der Waals surface area contributed by atoms with Crippen molar-refractivity contribution in [3.05, 3.63) is 35.5 Å². The Labute approximate surface area is 181 Å². The summed E-state index contributed by atoms with van der Waals surface area (Å²) in [4.78, 5) is 29.2. The predicted octanol–water partition coefficient (Wildman–Crippen LogP) is 2.99. The molecule has 0 radical (unpaired) electrons. The molecular weight excluding hydrogens is 400 g/mol. The summed E-state index contributed by atoms with van der Waals surface area (Å²) in [6.07, 6.45) is 2.15. The number of carbonyl (C=O) groups excluding carboxylic acids is 2. The summed E-state index contributed by atoms with van der Waals surface area (Å²) in [5.41, 5.74) is 0.392. The van der Waals surface area contributed by atoms with Crippen LogP contribution in [-0.4, -0.2) is 41.7 Å². The highest BCUT2D eigenvalue weighted by molar-refractivity contribution is 5.95. The number of nitrogens with one attached hydrogen (secondary N) is 2. The molecule has 1 aliphatic carbocycles. The van der Waals surface area contributed by atoms with Crippen molar-refractivity contribution in [1.82, 2.24) is 20.8 Å². The molecule has 1 saturated carbocycles. The highest BCUT2D eigenvalue weighted by Crippen LogP contribution is 2.38. The average Bonchev–Trinajstić information content (AvgIpc) is 3.46. The number of carbonyl (C=O) groups is 2. The third-order valence-corrected chi connectivity index (χ3v) is 4.85. The molecule has 1 fully saturated rings. The first-order chi connectivity index (χ1) is 14.8. The third kappa shape index (κ3) is 5.96. The van der Waals surface area contributed by atoms with E-state index in [1.54, 1.807) is 18.2 Å². The molecule has 0 spiro atoms. The van der Waals surface area contributed by atoms with Crippen LogP contribution in [0.15, 0.2) is 22.7 Å². The summed E-state index contributed by atoms with van der Waals surface area (Å²) in [6.45, 7) is 7.56. The lowest BCUT2D eigenvalue weighted by molar-refractivity contribution is -0.123. The van der Waals surface area contributed by atoms with Gasteiger partial charge in [-0.2, -0.15) is 4.98 Å². The van der Waals surface area contributed by atoms with Gasteiger partial charge >= 0.3 is 0 Å². The van der Waals surface area contributed by atoms with Crippen molar-refractivity contribution < 1.29 is 23.6 Å². The molecule has 0 saturated heterocycles. The summed E-state index contributed by atoms with van der Waals surface area (Å²) in [6, 6.07) is 4.42. The molecule has 0 bridgehead atoms. The Kier molecular flexibility index (Phi) is 7.14. The summed E-state index contributed by atoms with van der Waals surface area (Å²) in [5, 5.41) is 9.77. The Morgan fingerprint density at radius 1 is 1.16 bits per heavy atom. The molecule has 2 N–H and O–H groups in total. The molecule has 1 aromatic carbocycles. The van der Waals surface area contributed by atoms with Crippen LogP contribution in [0.2, 0.25) is 0 Å². The lowest BCUT2D eigenvalue weighted by atomic mass is 10.0. The van der Waals surface area contributed by atoms with Crippen LogP contribution < -0.4 is 20.1 Å². The Morgan fingerprint density at radius 2 is 1.90 bits per heavy atom. The number of hydrogen-bond acceptors (Lipinski definition) is 7. The lowest BCUT2D eigenvalue weighted by Gasteiger charge is -2.19. The van der Waals surface area contributed by atoms with Gasteiger partial charge in [-0.05, 0) is 50.8 Å². The quantitative estimate of drug-likeness (QED) is 0.595. The Bertz CT molecular complexity index is 920. The van der Waals surface area contributed by atoms with E-state index in [-0.39, 0.29) is 30.4 Å². The van der Waals surface area contributed by atoms with Crippen LogP contribution in [0.4, 0.5) is 0 Å². The summed E-state index contributed by atoms with van der Waals surface area (Å²) < 4.78 is 16.3. The number of nitrogens with zero attached hydrogens (tertiary/aromatic N) is 2. The number of methoxy groups -OCH3 is 1. The second kappa shape index (κ2) is 9.80. The first-order valence-corrected chi connectivity index (χ1v) is 10.5. The topological polar surface area (TPSA) is 116 Å². The molecule has 168 valence electrons. The predicted molar refractivity (Wildman–Crippen MR) is 113 cm³/mol. The summed E-state index contributed by atoms with van der Waals surface area (Å²) >= 11 is 0. The van der Waals surface area contributed by atoms with Crippen molar-refractivity contribution in [3.63, 3.8) is 0 Å². The van der Waals surface area contributed by atoms with E-state index in [0.717, 1.165) is 12.8 Å². The van der Waals surface area contributed by atoms with Crippen LogP contribution >= 0.6 is 0 Å². The number of rotatable bonds is 10. The van der Waals surface area contributed by atoms with Crippen LogP contribution in [0, 0.1) is 5.92 Å². The molecule has 9 nitrogen and oxygen atoms in total. The van der Waals surface area contributed by atoms with Gasteiger partial charge in [-0.25, -0.2) is 0 Å². The molecule has 1 aliphatic rings. The zero-order chi connectivity index (χ0) is 22.5. The summed E-state index contributed by atoms with van der Waals surface area (Å²) in [5.74, 6) is 1.76. The maximum absolute atomic E-state index is 12.9. The lowest BCUT2D eigenvalue weighted by Crippen LogP contribution is -2.34. The van der Waals surface area contributed by atoms with Gasteiger partial charge in [0.1, 0.15) is 6.04 Å². The molecule has 1 heterocycles. The second-order valence-electron chi connectivity index (χ2n) is 8.34. The Balaban J connectivity index is 1.68. The third-order valence-electron chi connectivity index (χ3n) is 4.85. The van der Waals surface area contributed by atoms with Crippen LogP contribution in [0.25, 0.3) is 0 Å². The largest absolute Gasteiger partial charge is 0.493 e. The maximum atomic E-state index is 12.9. The second-order valence-corrected chi connectivity index (χ2v) is 8.34. The fraction of sp³-hybridized carbons (Fsp3) is 0.545. The van der Waals surface area contributed by atoms with Crippen molar-refractivity contribution >= 4 is 11.8 Å². The van der Waals surface area contributed by atoms with E-state index in [1.807, 2.05) is 27.7 Å². The van der Waals surface area contributed by atoms with Crippen molar-refractivity contribution in [2.24, 2.45) is 5.92 Å². The SMILES string of the molecule is COc1cc(C(=O)NC(c2nc(C3CC3)no2)C(C)C)ccc1OCC(=O)NC(C)C. The fourth-order valence-electron chi connectivity index (χ4n) is 3.05. The van der Waals surface area contributed by atoms with Gasteiger partial charge < -0.3 is 24.6 Å². The van der Waals surface area contributed by atoms with Gasteiger partial charge in [0.05, 0.1) is 7.11 Å². The first-order valence-electron chi connectivity index (χ1n) is 10.5. The molecule has 0 aliphatic heterocycles. The van der Waals surface area contributed by atoms with Crippen LogP contribution in [0.3, 0.4) is 0 Å².